The molecule has 0 radical (unpaired) electrons. The van der Waals surface area contributed by atoms with Crippen LogP contribution in [0.5, 0.6) is 23.0 Å². The van der Waals surface area contributed by atoms with Crippen molar-refractivity contribution in [3.63, 3.8) is 0 Å². The van der Waals surface area contributed by atoms with Gasteiger partial charge in [0.2, 0.25) is 0 Å². The third-order valence-corrected chi connectivity index (χ3v) is 5.73. The SMILES string of the molecule is C[C@]12CC[C@](C)(c3cc(O)c(O)cc31)c1cc(O)c(O)cc12. The summed E-state index contributed by atoms with van der Waals surface area (Å²) in [5.74, 6) is -0.497. The fourth-order valence-electron chi connectivity index (χ4n) is 4.31. The first-order valence-corrected chi connectivity index (χ1v) is 7.41. The molecule has 114 valence electrons. The summed E-state index contributed by atoms with van der Waals surface area (Å²) in [5.41, 5.74) is 3.23. The first-order chi connectivity index (χ1) is 10.3. The van der Waals surface area contributed by atoms with Crippen molar-refractivity contribution in [1.29, 1.82) is 0 Å². The minimum Gasteiger partial charge on any atom is -0.504 e. The van der Waals surface area contributed by atoms with Crippen LogP contribution in [0.2, 0.25) is 0 Å². The van der Waals surface area contributed by atoms with Crippen molar-refractivity contribution in [2.75, 3.05) is 0 Å². The highest BCUT2D eigenvalue weighted by molar-refractivity contribution is 5.67. The van der Waals surface area contributed by atoms with Gasteiger partial charge in [0.25, 0.3) is 0 Å². The van der Waals surface area contributed by atoms with Crippen LogP contribution in [-0.2, 0) is 10.8 Å². The molecule has 0 atom stereocenters. The molecule has 0 heterocycles. The predicted molar refractivity (Wildman–Crippen MR) is 81.7 cm³/mol. The largest absolute Gasteiger partial charge is 0.504 e. The average molecular weight is 298 g/mol. The second-order valence-corrected chi connectivity index (χ2v) is 6.94. The molecule has 0 saturated heterocycles. The Balaban J connectivity index is 2.13. The fraction of sp³-hybridized carbons (Fsp3) is 0.333. The molecule has 2 aromatic rings. The summed E-state index contributed by atoms with van der Waals surface area (Å²) in [7, 11) is 0. The Morgan fingerprint density at radius 3 is 1.05 bits per heavy atom. The van der Waals surface area contributed by atoms with Crippen molar-refractivity contribution in [3.8, 4) is 23.0 Å². The topological polar surface area (TPSA) is 80.9 Å². The van der Waals surface area contributed by atoms with Crippen LogP contribution in [0, 0.1) is 0 Å². The minimum absolute atomic E-state index is 0.124. The van der Waals surface area contributed by atoms with Crippen LogP contribution in [0.3, 0.4) is 0 Å². The lowest BCUT2D eigenvalue weighted by Gasteiger charge is -2.53. The molecule has 3 aliphatic carbocycles. The summed E-state index contributed by atoms with van der Waals surface area (Å²) < 4.78 is 0. The quantitative estimate of drug-likeness (QED) is 0.563. The second-order valence-electron chi connectivity index (χ2n) is 6.94. The van der Waals surface area contributed by atoms with Crippen molar-refractivity contribution in [2.24, 2.45) is 0 Å². The highest BCUT2D eigenvalue weighted by Crippen LogP contribution is 2.61. The molecule has 0 aromatic heterocycles. The zero-order valence-corrected chi connectivity index (χ0v) is 12.5. The van der Waals surface area contributed by atoms with Crippen LogP contribution < -0.4 is 0 Å². The molecular formula is C18H18O4. The maximum atomic E-state index is 9.91. The van der Waals surface area contributed by atoms with Gasteiger partial charge in [-0.15, -0.1) is 0 Å². The maximum absolute atomic E-state index is 9.91. The van der Waals surface area contributed by atoms with Gasteiger partial charge >= 0.3 is 0 Å². The van der Waals surface area contributed by atoms with Crippen molar-refractivity contribution in [1.82, 2.24) is 0 Å². The van der Waals surface area contributed by atoms with E-state index in [9.17, 15) is 20.4 Å². The van der Waals surface area contributed by atoms with Gasteiger partial charge < -0.3 is 20.4 Å². The van der Waals surface area contributed by atoms with E-state index in [4.69, 9.17) is 0 Å². The molecule has 2 bridgehead atoms. The maximum Gasteiger partial charge on any atom is 0.157 e. The van der Waals surface area contributed by atoms with Crippen LogP contribution in [0.1, 0.15) is 48.9 Å². The Bertz CT molecular complexity index is 695. The van der Waals surface area contributed by atoms with Gasteiger partial charge in [0, 0.05) is 10.8 Å². The van der Waals surface area contributed by atoms with E-state index < -0.39 is 0 Å². The highest BCUT2D eigenvalue weighted by Gasteiger charge is 2.52. The van der Waals surface area contributed by atoms with Crippen molar-refractivity contribution >= 4 is 0 Å². The number of benzene rings is 2. The van der Waals surface area contributed by atoms with Gasteiger partial charge in [-0.1, -0.05) is 13.8 Å². The number of phenolic OH excluding ortho intramolecular Hbond substituents is 4. The third-order valence-electron chi connectivity index (χ3n) is 5.73. The highest BCUT2D eigenvalue weighted by atomic mass is 16.3. The number of rotatable bonds is 0. The lowest BCUT2D eigenvalue weighted by molar-refractivity contribution is 0.315. The average Bonchev–Trinajstić information content (AvgIpc) is 2.46. The van der Waals surface area contributed by atoms with Crippen molar-refractivity contribution in [2.45, 2.75) is 37.5 Å². The van der Waals surface area contributed by atoms with Gasteiger partial charge in [-0.25, -0.2) is 0 Å². The van der Waals surface area contributed by atoms with E-state index in [0.717, 1.165) is 35.1 Å². The molecule has 2 aromatic carbocycles. The van der Waals surface area contributed by atoms with Gasteiger partial charge in [0.05, 0.1) is 0 Å². The molecule has 0 aliphatic heterocycles. The Kier molecular flexibility index (Phi) is 2.23. The van der Waals surface area contributed by atoms with Crippen LogP contribution in [-0.4, -0.2) is 20.4 Å². The molecule has 0 unspecified atom stereocenters. The predicted octanol–water partition coefficient (Wildman–Crippen LogP) is 3.23. The first kappa shape index (κ1) is 13.3. The molecule has 3 aliphatic rings. The Hall–Kier alpha value is -2.36. The number of hydrogen-bond donors (Lipinski definition) is 4. The molecule has 22 heavy (non-hydrogen) atoms. The zero-order valence-electron chi connectivity index (χ0n) is 12.5. The van der Waals surface area contributed by atoms with E-state index in [1.807, 2.05) is 0 Å². The van der Waals surface area contributed by atoms with Crippen molar-refractivity contribution < 1.29 is 20.4 Å². The summed E-state index contributed by atoms with van der Waals surface area (Å²) in [6, 6.07) is 6.54. The molecule has 0 amide bonds. The third kappa shape index (κ3) is 1.33. The molecule has 5 rings (SSSR count). The van der Waals surface area contributed by atoms with Gasteiger partial charge in [0.1, 0.15) is 0 Å². The molecule has 4 N–H and O–H groups in total. The Labute approximate surface area is 128 Å². The monoisotopic (exact) mass is 298 g/mol. The van der Waals surface area contributed by atoms with Crippen LogP contribution >= 0.6 is 0 Å². The number of phenols is 4. The van der Waals surface area contributed by atoms with Crippen LogP contribution in [0.4, 0.5) is 0 Å². The summed E-state index contributed by atoms with van der Waals surface area (Å²) >= 11 is 0. The van der Waals surface area contributed by atoms with E-state index in [2.05, 4.69) is 13.8 Å². The molecule has 0 saturated carbocycles. The number of hydrogen-bond acceptors (Lipinski definition) is 4. The Morgan fingerprint density at radius 2 is 0.818 bits per heavy atom. The first-order valence-electron chi connectivity index (χ1n) is 7.41. The normalized spacial score (nSPS) is 28.3. The van der Waals surface area contributed by atoms with Crippen LogP contribution in [0.15, 0.2) is 24.3 Å². The smallest absolute Gasteiger partial charge is 0.157 e. The van der Waals surface area contributed by atoms with Gasteiger partial charge in [0.15, 0.2) is 23.0 Å². The van der Waals surface area contributed by atoms with E-state index in [0.29, 0.717) is 0 Å². The van der Waals surface area contributed by atoms with Crippen LogP contribution in [0.25, 0.3) is 0 Å². The summed E-state index contributed by atoms with van der Waals surface area (Å²) in [6.45, 7) is 4.16. The fourth-order valence-corrected chi connectivity index (χ4v) is 4.31. The Morgan fingerprint density at radius 1 is 0.591 bits per heavy atom. The lowest BCUT2D eigenvalue weighted by atomic mass is 9.50. The van der Waals surface area contributed by atoms with Gasteiger partial charge in [-0.2, -0.15) is 0 Å². The van der Waals surface area contributed by atoms with E-state index >= 15 is 0 Å². The lowest BCUT2D eigenvalue weighted by Crippen LogP contribution is -2.46. The summed E-state index contributed by atoms with van der Waals surface area (Å²) in [4.78, 5) is 0. The molecule has 4 heteroatoms. The summed E-state index contributed by atoms with van der Waals surface area (Å²) in [6.07, 6.45) is 1.77. The molecule has 0 spiro atoms. The van der Waals surface area contributed by atoms with Crippen molar-refractivity contribution in [3.05, 3.63) is 46.5 Å². The van der Waals surface area contributed by atoms with Gasteiger partial charge in [-0.3, -0.25) is 0 Å². The van der Waals surface area contributed by atoms with E-state index in [-0.39, 0.29) is 33.8 Å². The summed E-state index contributed by atoms with van der Waals surface area (Å²) in [5, 5.41) is 39.6. The second kappa shape index (κ2) is 3.69. The number of aromatic hydroxyl groups is 4. The molecule has 0 fully saturated rings. The standard InChI is InChI=1S/C18H18O4/c1-17-3-4-18(2,11-7-15(21)13(19)5-9(11)17)12-8-16(22)14(20)6-10(12)17/h5-8,19-22H,3-4H2,1-2H3/t17-,18+. The zero-order chi connectivity index (χ0) is 15.9. The minimum atomic E-state index is -0.348. The number of fused-ring (bicyclic) bond motifs is 1. The van der Waals surface area contributed by atoms with E-state index in [1.54, 1.807) is 24.3 Å². The molecular weight excluding hydrogens is 280 g/mol. The van der Waals surface area contributed by atoms with E-state index in [1.165, 1.54) is 0 Å². The van der Waals surface area contributed by atoms with Gasteiger partial charge in [-0.05, 0) is 59.4 Å². The molecule has 4 nitrogen and oxygen atoms in total.